The highest BCUT2D eigenvalue weighted by molar-refractivity contribution is 6.01. The first-order valence-electron chi connectivity index (χ1n) is 9.43. The van der Waals surface area contributed by atoms with E-state index in [0.29, 0.717) is 5.56 Å². The second-order valence-electron chi connectivity index (χ2n) is 7.35. The van der Waals surface area contributed by atoms with Gasteiger partial charge in [-0.05, 0) is 76.2 Å². The Morgan fingerprint density at radius 1 is 0.852 bits per heavy atom. The van der Waals surface area contributed by atoms with Crippen molar-refractivity contribution >= 4 is 17.9 Å². The van der Waals surface area contributed by atoms with Crippen molar-refractivity contribution in [1.29, 1.82) is 0 Å². The first-order valence-corrected chi connectivity index (χ1v) is 9.43. The van der Waals surface area contributed by atoms with E-state index in [2.05, 4.69) is 48.6 Å². The standard InChI is InChI=1S/C25H19FO/c26-20-11-7-18(8-12-20)25(27)19-6-5-17-10-13-22-21-4-2-1-3-16(21)9-14-23(22)24(17)15-19/h1-4,7-8,10-15,19H,5-6,9H2. The van der Waals surface area contributed by atoms with Gasteiger partial charge in [-0.25, -0.2) is 4.39 Å². The van der Waals surface area contributed by atoms with Crippen molar-refractivity contribution in [2.45, 2.75) is 19.3 Å². The molecule has 1 nitrogen and oxygen atoms in total. The molecule has 0 bridgehead atoms. The summed E-state index contributed by atoms with van der Waals surface area (Å²) in [4.78, 5) is 12.9. The summed E-state index contributed by atoms with van der Waals surface area (Å²) in [6.07, 6.45) is 7.04. The van der Waals surface area contributed by atoms with Crippen LogP contribution in [0.15, 0.2) is 60.7 Å². The van der Waals surface area contributed by atoms with Gasteiger partial charge < -0.3 is 0 Å². The molecular weight excluding hydrogens is 335 g/mol. The van der Waals surface area contributed by atoms with Crippen LogP contribution in [-0.2, 0) is 12.8 Å². The number of rotatable bonds is 2. The topological polar surface area (TPSA) is 17.1 Å². The Hall–Kier alpha value is -3.00. The molecule has 1 atom stereocenters. The van der Waals surface area contributed by atoms with E-state index in [4.69, 9.17) is 0 Å². The number of benzene rings is 3. The fraction of sp³-hybridized carbons (Fsp3) is 0.160. The van der Waals surface area contributed by atoms with Gasteiger partial charge in [-0.15, -0.1) is 0 Å². The molecule has 3 aromatic carbocycles. The summed E-state index contributed by atoms with van der Waals surface area (Å²) < 4.78 is 13.2. The monoisotopic (exact) mass is 354 g/mol. The van der Waals surface area contributed by atoms with Gasteiger partial charge in [0.15, 0.2) is 5.78 Å². The zero-order valence-corrected chi connectivity index (χ0v) is 14.9. The molecule has 2 aliphatic rings. The van der Waals surface area contributed by atoms with Crippen LogP contribution in [-0.4, -0.2) is 5.78 Å². The van der Waals surface area contributed by atoms with Gasteiger partial charge >= 0.3 is 0 Å². The van der Waals surface area contributed by atoms with Crippen LogP contribution in [0.4, 0.5) is 4.39 Å². The van der Waals surface area contributed by atoms with Crippen LogP contribution in [0.3, 0.4) is 0 Å². The molecule has 5 rings (SSSR count). The number of carbonyl (C=O) groups excluding carboxylic acids is 1. The van der Waals surface area contributed by atoms with Gasteiger partial charge in [0.1, 0.15) is 5.82 Å². The van der Waals surface area contributed by atoms with Crippen LogP contribution in [0.1, 0.15) is 27.9 Å². The molecule has 0 spiro atoms. The van der Waals surface area contributed by atoms with E-state index in [-0.39, 0.29) is 17.5 Å². The van der Waals surface area contributed by atoms with Crippen molar-refractivity contribution in [2.24, 2.45) is 5.92 Å². The average Bonchev–Trinajstić information content (AvgIpc) is 2.73. The zero-order valence-electron chi connectivity index (χ0n) is 14.9. The molecule has 0 amide bonds. The minimum absolute atomic E-state index is 0.0782. The third kappa shape index (κ3) is 2.73. The quantitative estimate of drug-likeness (QED) is 0.635. The van der Waals surface area contributed by atoms with Crippen LogP contribution in [0.25, 0.3) is 23.3 Å². The summed E-state index contributed by atoms with van der Waals surface area (Å²) in [7, 11) is 0. The molecule has 132 valence electrons. The minimum atomic E-state index is -0.313. The Labute approximate surface area is 157 Å². The molecule has 0 aliphatic heterocycles. The molecule has 1 unspecified atom stereocenters. The molecule has 0 saturated heterocycles. The number of hydrogen-bond acceptors (Lipinski definition) is 1. The maximum atomic E-state index is 13.2. The van der Waals surface area contributed by atoms with Gasteiger partial charge in [0.2, 0.25) is 0 Å². The second kappa shape index (κ2) is 6.31. The number of aryl methyl sites for hydroxylation is 1. The molecular formula is C25H19FO. The molecule has 2 heteroatoms. The maximum absolute atomic E-state index is 13.2. The number of carbonyl (C=O) groups is 1. The van der Waals surface area contributed by atoms with Gasteiger partial charge in [-0.1, -0.05) is 48.6 Å². The zero-order chi connectivity index (χ0) is 18.4. The number of halogens is 1. The molecule has 27 heavy (non-hydrogen) atoms. The highest BCUT2D eigenvalue weighted by atomic mass is 19.1. The van der Waals surface area contributed by atoms with Crippen molar-refractivity contribution in [3.8, 4) is 11.1 Å². The van der Waals surface area contributed by atoms with E-state index >= 15 is 0 Å². The molecule has 0 heterocycles. The van der Waals surface area contributed by atoms with Gasteiger partial charge in [-0.3, -0.25) is 4.79 Å². The lowest BCUT2D eigenvalue weighted by molar-refractivity contribution is 0.0946. The number of hydrogen-bond donors (Lipinski definition) is 0. The summed E-state index contributed by atoms with van der Waals surface area (Å²) in [6.45, 7) is 0. The van der Waals surface area contributed by atoms with Crippen LogP contribution in [0.5, 0.6) is 0 Å². The van der Waals surface area contributed by atoms with E-state index in [0.717, 1.165) is 19.3 Å². The largest absolute Gasteiger partial charge is 0.294 e. The third-order valence-electron chi connectivity index (χ3n) is 5.77. The minimum Gasteiger partial charge on any atom is -0.294 e. The smallest absolute Gasteiger partial charge is 0.169 e. The predicted octanol–water partition coefficient (Wildman–Crippen LogP) is 4.06. The third-order valence-corrected chi connectivity index (χ3v) is 5.77. The van der Waals surface area contributed by atoms with Crippen molar-refractivity contribution in [3.63, 3.8) is 0 Å². The van der Waals surface area contributed by atoms with Gasteiger partial charge in [-0.2, -0.15) is 0 Å². The van der Waals surface area contributed by atoms with Crippen molar-refractivity contribution in [1.82, 2.24) is 0 Å². The average molecular weight is 354 g/mol. The van der Waals surface area contributed by atoms with E-state index in [1.165, 1.54) is 44.8 Å². The van der Waals surface area contributed by atoms with Gasteiger partial charge in [0, 0.05) is 11.5 Å². The van der Waals surface area contributed by atoms with Crippen LogP contribution in [0.2, 0.25) is 0 Å². The van der Waals surface area contributed by atoms with Crippen molar-refractivity contribution in [3.05, 3.63) is 93.6 Å². The lowest BCUT2D eigenvalue weighted by Gasteiger charge is -2.21. The van der Waals surface area contributed by atoms with Gasteiger partial charge in [0.25, 0.3) is 0 Å². The predicted molar refractivity (Wildman–Crippen MR) is 106 cm³/mol. The SMILES string of the molecule is O=C(c1ccc(F)cc1)C1C=c2c(ccc3c2=CCc2ccccc2-3)CC1. The summed E-state index contributed by atoms with van der Waals surface area (Å²) in [5.74, 6) is -0.388. The lowest BCUT2D eigenvalue weighted by Crippen LogP contribution is -2.37. The van der Waals surface area contributed by atoms with Crippen LogP contribution in [0, 0.1) is 11.7 Å². The molecule has 0 N–H and O–H groups in total. The maximum Gasteiger partial charge on any atom is 0.169 e. The highest BCUT2D eigenvalue weighted by Crippen LogP contribution is 2.26. The molecule has 0 radical (unpaired) electrons. The van der Waals surface area contributed by atoms with Crippen molar-refractivity contribution < 1.29 is 9.18 Å². The summed E-state index contributed by atoms with van der Waals surface area (Å²) in [5.41, 5.74) is 5.78. The van der Waals surface area contributed by atoms with Crippen LogP contribution >= 0.6 is 0 Å². The Morgan fingerprint density at radius 2 is 1.67 bits per heavy atom. The lowest BCUT2D eigenvalue weighted by atomic mass is 9.82. The normalized spacial score (nSPS) is 17.0. The van der Waals surface area contributed by atoms with E-state index in [9.17, 15) is 9.18 Å². The number of ketones is 1. The Kier molecular flexibility index (Phi) is 3.78. The molecule has 0 fully saturated rings. The number of Topliss-reactive ketones (excluding diaryl/α,β-unsaturated/α-hetero) is 1. The summed E-state index contributed by atoms with van der Waals surface area (Å²) in [6, 6.07) is 18.8. The molecule has 0 saturated carbocycles. The molecule has 2 aliphatic carbocycles. The molecule has 0 aromatic heterocycles. The van der Waals surface area contributed by atoms with E-state index < -0.39 is 0 Å². The Balaban J connectivity index is 1.62. The first-order chi connectivity index (χ1) is 13.2. The van der Waals surface area contributed by atoms with Crippen molar-refractivity contribution in [2.75, 3.05) is 0 Å². The fourth-order valence-electron chi connectivity index (χ4n) is 4.35. The summed E-state index contributed by atoms with van der Waals surface area (Å²) in [5, 5.41) is 2.46. The highest BCUT2D eigenvalue weighted by Gasteiger charge is 2.23. The second-order valence-corrected chi connectivity index (χ2v) is 7.35. The molecule has 3 aromatic rings. The van der Waals surface area contributed by atoms with Gasteiger partial charge in [0.05, 0.1) is 0 Å². The Morgan fingerprint density at radius 3 is 2.52 bits per heavy atom. The van der Waals surface area contributed by atoms with E-state index in [1.807, 2.05) is 0 Å². The summed E-state index contributed by atoms with van der Waals surface area (Å²) >= 11 is 0. The van der Waals surface area contributed by atoms with Crippen LogP contribution < -0.4 is 10.4 Å². The van der Waals surface area contributed by atoms with E-state index in [1.54, 1.807) is 12.1 Å². The number of fused-ring (bicyclic) bond motifs is 5. The fourth-order valence-corrected chi connectivity index (χ4v) is 4.35. The first kappa shape index (κ1) is 16.2. The Bertz CT molecular complexity index is 1170.